The second kappa shape index (κ2) is 14.2. The van der Waals surface area contributed by atoms with Crippen molar-refractivity contribution in [3.05, 3.63) is 54.0 Å². The molecule has 2 aromatic rings. The van der Waals surface area contributed by atoms with Crippen LogP contribution in [0.3, 0.4) is 0 Å². The van der Waals surface area contributed by atoms with Crippen LogP contribution in [0.15, 0.2) is 58.6 Å². The van der Waals surface area contributed by atoms with E-state index in [-0.39, 0.29) is 5.75 Å². The van der Waals surface area contributed by atoms with Crippen LogP contribution in [0.2, 0.25) is 0 Å². The van der Waals surface area contributed by atoms with E-state index in [9.17, 15) is 5.11 Å². The highest BCUT2D eigenvalue weighted by atomic mass is 16.3. The van der Waals surface area contributed by atoms with Crippen molar-refractivity contribution in [2.24, 2.45) is 10.2 Å². The molecule has 2 aliphatic heterocycles. The van der Waals surface area contributed by atoms with Gasteiger partial charge in [-0.25, -0.2) is 0 Å². The van der Waals surface area contributed by atoms with Gasteiger partial charge in [-0.05, 0) is 24.6 Å². The number of benzene rings is 1. The summed E-state index contributed by atoms with van der Waals surface area (Å²) < 4.78 is 0. The van der Waals surface area contributed by atoms with E-state index >= 15 is 0 Å². The summed E-state index contributed by atoms with van der Waals surface area (Å²) in [5, 5.41) is 23.0. The Kier molecular flexibility index (Phi) is 11.2. The van der Waals surface area contributed by atoms with Gasteiger partial charge in [0.25, 0.3) is 0 Å². The van der Waals surface area contributed by atoms with Gasteiger partial charge in [-0.2, -0.15) is 0 Å². The largest absolute Gasteiger partial charge is 0.507 e. The molecular formula is C26H38N6O. The molecule has 0 bridgehead atoms. The molecule has 0 aliphatic carbocycles. The van der Waals surface area contributed by atoms with Gasteiger partial charge in [0.15, 0.2) is 0 Å². The van der Waals surface area contributed by atoms with E-state index < -0.39 is 0 Å². The van der Waals surface area contributed by atoms with Crippen LogP contribution in [0.4, 0.5) is 0 Å². The lowest BCUT2D eigenvalue weighted by Gasteiger charge is -2.29. The number of phenols is 1. The molecule has 4 rings (SSSR count). The number of aromatic nitrogens is 2. The van der Waals surface area contributed by atoms with Gasteiger partial charge in [-0.3, -0.25) is 9.97 Å². The molecule has 178 valence electrons. The summed E-state index contributed by atoms with van der Waals surface area (Å²) in [6.07, 6.45) is 9.96. The molecule has 33 heavy (non-hydrogen) atoms. The van der Waals surface area contributed by atoms with Gasteiger partial charge in [0.1, 0.15) is 11.6 Å². The maximum absolute atomic E-state index is 10.6. The van der Waals surface area contributed by atoms with Crippen molar-refractivity contribution in [1.82, 2.24) is 20.2 Å². The Morgan fingerprint density at radius 3 is 2.36 bits per heavy atom. The van der Waals surface area contributed by atoms with Crippen LogP contribution in [-0.4, -0.2) is 57.7 Å². The van der Waals surface area contributed by atoms with Gasteiger partial charge in [-0.15, -0.1) is 10.2 Å². The van der Waals surface area contributed by atoms with Crippen molar-refractivity contribution in [2.45, 2.75) is 53.9 Å². The molecule has 2 N–H and O–H groups in total. The Bertz CT molecular complexity index is 947. The normalized spacial score (nSPS) is 15.5. The first kappa shape index (κ1) is 26.2. The van der Waals surface area contributed by atoms with E-state index in [2.05, 4.69) is 57.2 Å². The zero-order valence-electron chi connectivity index (χ0n) is 20.7. The van der Waals surface area contributed by atoms with Crippen LogP contribution < -0.4 is 5.32 Å². The number of allylic oxidation sites excluding steroid dienone is 1. The van der Waals surface area contributed by atoms with Crippen molar-refractivity contribution in [1.29, 1.82) is 0 Å². The zero-order valence-corrected chi connectivity index (χ0v) is 20.7. The minimum atomic E-state index is 0.162. The zero-order chi connectivity index (χ0) is 24.1. The number of amidine groups is 1. The number of nitrogens with zero attached hydrogens (tertiary/aromatic N) is 5. The van der Waals surface area contributed by atoms with E-state index in [4.69, 9.17) is 0 Å². The molecule has 0 atom stereocenters. The van der Waals surface area contributed by atoms with Crippen molar-refractivity contribution < 1.29 is 5.11 Å². The first-order valence-electron chi connectivity index (χ1n) is 12.1. The molecule has 0 spiro atoms. The van der Waals surface area contributed by atoms with Crippen molar-refractivity contribution in [3.63, 3.8) is 0 Å². The summed E-state index contributed by atoms with van der Waals surface area (Å²) in [5.41, 5.74) is 4.14. The Labute approximate surface area is 198 Å². The van der Waals surface area contributed by atoms with Crippen LogP contribution in [-0.2, 0) is 0 Å². The molecule has 7 nitrogen and oxygen atoms in total. The Hall–Kier alpha value is -3.06. The molecule has 1 saturated heterocycles. The van der Waals surface area contributed by atoms with E-state index in [1.54, 1.807) is 24.7 Å². The van der Waals surface area contributed by atoms with Gasteiger partial charge >= 0.3 is 0 Å². The minimum absolute atomic E-state index is 0.162. The number of rotatable bonds is 3. The van der Waals surface area contributed by atoms with Gasteiger partial charge in [0.2, 0.25) is 0 Å². The van der Waals surface area contributed by atoms with Crippen LogP contribution in [0.25, 0.3) is 11.3 Å². The Morgan fingerprint density at radius 1 is 1.03 bits per heavy atom. The lowest BCUT2D eigenvalue weighted by atomic mass is 10.0. The maximum atomic E-state index is 10.6. The number of hydrogen-bond donors (Lipinski definition) is 2. The molecule has 2 aliphatic rings. The molecule has 1 aromatic carbocycles. The number of piperazine rings is 1. The summed E-state index contributed by atoms with van der Waals surface area (Å²) in [5.74, 6) is 1.16. The third-order valence-corrected chi connectivity index (χ3v) is 5.07. The van der Waals surface area contributed by atoms with E-state index in [0.29, 0.717) is 11.3 Å². The van der Waals surface area contributed by atoms with Crippen LogP contribution >= 0.6 is 0 Å². The molecule has 1 aromatic heterocycles. The topological polar surface area (TPSA) is 86.0 Å². The molecular weight excluding hydrogens is 412 g/mol. The summed E-state index contributed by atoms with van der Waals surface area (Å²) in [6.45, 7) is 14.2. The van der Waals surface area contributed by atoms with Gasteiger partial charge in [0, 0.05) is 56.1 Å². The third-order valence-electron chi connectivity index (χ3n) is 5.07. The minimum Gasteiger partial charge on any atom is -0.507 e. The molecule has 3 heterocycles. The van der Waals surface area contributed by atoms with Crippen LogP contribution in [0.1, 0.15) is 59.4 Å². The quantitative estimate of drug-likeness (QED) is 0.684. The molecule has 0 amide bonds. The predicted octanol–water partition coefficient (Wildman–Crippen LogP) is 5.04. The lowest BCUT2D eigenvalue weighted by Crippen LogP contribution is -2.46. The fraction of sp³-hybridized carbons (Fsp3) is 0.462. The highest BCUT2D eigenvalue weighted by molar-refractivity contribution is 6.12. The highest BCUT2D eigenvalue weighted by Crippen LogP contribution is 2.27. The average Bonchev–Trinajstić information content (AvgIpc) is 3.10. The fourth-order valence-corrected chi connectivity index (χ4v) is 3.44. The van der Waals surface area contributed by atoms with Crippen LogP contribution in [0, 0.1) is 0 Å². The van der Waals surface area contributed by atoms with Crippen LogP contribution in [0.5, 0.6) is 5.75 Å². The number of hydrogen-bond acceptors (Lipinski definition) is 7. The number of nitrogens with one attached hydrogen (secondary N) is 1. The Balaban J connectivity index is 0.000000714. The third kappa shape index (κ3) is 7.49. The first-order valence-corrected chi connectivity index (χ1v) is 12.1. The van der Waals surface area contributed by atoms with E-state index in [1.807, 2.05) is 26.0 Å². The number of aromatic hydroxyl groups is 1. The summed E-state index contributed by atoms with van der Waals surface area (Å²) >= 11 is 0. The van der Waals surface area contributed by atoms with E-state index in [0.717, 1.165) is 56.1 Å². The lowest BCUT2D eigenvalue weighted by molar-refractivity contribution is 0.352. The highest BCUT2D eigenvalue weighted by Gasteiger charge is 2.19. The van der Waals surface area contributed by atoms with Gasteiger partial charge in [-0.1, -0.05) is 52.7 Å². The summed E-state index contributed by atoms with van der Waals surface area (Å²) in [4.78, 5) is 10.7. The van der Waals surface area contributed by atoms with E-state index in [1.165, 1.54) is 12.0 Å². The summed E-state index contributed by atoms with van der Waals surface area (Å²) in [7, 11) is 0. The SMILES string of the molecule is CC.CCC.CCC1=CC(c2ccc(-c3cnccn3)cc2O)=NN=C(N2CCNCC2)C1. The first-order chi connectivity index (χ1) is 16.2. The standard InChI is InChI=1S/C21H24N6O.C3H8.C2H6/c1-2-15-11-18(25-26-21(12-15)27-9-7-22-8-10-27)17-4-3-16(13-20(17)28)19-14-23-5-6-24-19;1-3-2;1-2/h3-6,11,13-14,22,28H,2,7-10,12H2,1H3;3H2,1-2H3;1-2H3. The van der Waals surface area contributed by atoms with Crippen molar-refractivity contribution >= 4 is 11.5 Å². The smallest absolute Gasteiger partial charge is 0.131 e. The maximum Gasteiger partial charge on any atom is 0.131 e. The number of phenolic OH excluding ortho intramolecular Hbond substituents is 1. The average molecular weight is 451 g/mol. The molecule has 7 heteroatoms. The molecule has 0 saturated carbocycles. The molecule has 1 fully saturated rings. The van der Waals surface area contributed by atoms with Gasteiger partial charge in [0.05, 0.1) is 17.6 Å². The fourth-order valence-electron chi connectivity index (χ4n) is 3.44. The van der Waals surface area contributed by atoms with Crippen molar-refractivity contribution in [2.75, 3.05) is 26.2 Å². The second-order valence-corrected chi connectivity index (χ2v) is 7.60. The molecule has 0 radical (unpaired) electrons. The van der Waals surface area contributed by atoms with Gasteiger partial charge < -0.3 is 15.3 Å². The van der Waals surface area contributed by atoms with Crippen molar-refractivity contribution in [3.8, 4) is 17.0 Å². The molecule has 0 unspecified atom stereocenters. The summed E-state index contributed by atoms with van der Waals surface area (Å²) in [6, 6.07) is 5.49. The monoisotopic (exact) mass is 450 g/mol. The predicted molar refractivity (Wildman–Crippen MR) is 138 cm³/mol. The second-order valence-electron chi connectivity index (χ2n) is 7.60. The Morgan fingerprint density at radius 2 is 1.76 bits per heavy atom.